The molecule has 1 rings (SSSR count). The van der Waals surface area contributed by atoms with E-state index >= 15 is 0 Å². The third-order valence-corrected chi connectivity index (χ3v) is 2.00. The molecule has 0 atom stereocenters. The summed E-state index contributed by atoms with van der Waals surface area (Å²) in [6.07, 6.45) is 0. The molecule has 0 aliphatic rings. The van der Waals surface area contributed by atoms with E-state index in [9.17, 15) is 13.2 Å². The summed E-state index contributed by atoms with van der Waals surface area (Å²) in [6, 6.07) is 2.12. The first kappa shape index (κ1) is 7.93. The monoisotopic (exact) mass is 252 g/mol. The summed E-state index contributed by atoms with van der Waals surface area (Å²) in [5.74, 6) is -3.62. The van der Waals surface area contributed by atoms with Gasteiger partial charge in [0.15, 0.2) is 0 Å². The van der Waals surface area contributed by atoms with Crippen molar-refractivity contribution < 1.29 is 13.2 Å². The van der Waals surface area contributed by atoms with Crippen molar-refractivity contribution in [3.8, 4) is 0 Å². The molecule has 4 heteroatoms. The third-order valence-electron chi connectivity index (χ3n) is 1.01. The average molecular weight is 253 g/mol. The minimum absolute atomic E-state index is 0.160. The second-order valence-electron chi connectivity index (χ2n) is 1.69. The van der Waals surface area contributed by atoms with Crippen LogP contribution in [0.1, 0.15) is 0 Å². The number of hydrogen-bond acceptors (Lipinski definition) is 0. The zero-order chi connectivity index (χ0) is 7.72. The van der Waals surface area contributed by atoms with Crippen molar-refractivity contribution in [2.24, 2.45) is 0 Å². The van der Waals surface area contributed by atoms with Gasteiger partial charge < -0.3 is 0 Å². The molecule has 10 heavy (non-hydrogen) atoms. The van der Waals surface area contributed by atoms with E-state index < -0.39 is 17.5 Å². The maximum atomic E-state index is 12.4. The molecule has 0 unspecified atom stereocenters. The summed E-state index contributed by atoms with van der Waals surface area (Å²) in [4.78, 5) is 0. The Hall–Kier alpha value is -0.172. The maximum absolute atomic E-state index is 12.4. The van der Waals surface area contributed by atoms with E-state index in [4.69, 9.17) is 0 Å². The summed E-state index contributed by atoms with van der Waals surface area (Å²) in [7, 11) is 0. The summed E-state index contributed by atoms with van der Waals surface area (Å²) in [5, 5.41) is 0. The molecule has 0 N–H and O–H groups in total. The zero-order valence-corrected chi connectivity index (χ0v) is 7.29. The molecular weight excluding hydrogens is 251 g/mol. The average Bonchev–Trinajstić information content (AvgIpc) is 1.93. The zero-order valence-electron chi connectivity index (χ0n) is 4.74. The Morgan fingerprint density at radius 2 is 1.60 bits per heavy atom. The van der Waals surface area contributed by atoms with E-state index in [0.717, 1.165) is 29.1 Å². The van der Waals surface area contributed by atoms with Gasteiger partial charge in [-0.25, -0.2) is 0 Å². The van der Waals surface area contributed by atoms with Crippen molar-refractivity contribution in [2.75, 3.05) is 0 Å². The Labute approximate surface area is 69.5 Å². The molecule has 0 aromatic heterocycles. The van der Waals surface area contributed by atoms with Crippen LogP contribution >= 0.6 is 0 Å². The topological polar surface area (TPSA) is 0 Å². The van der Waals surface area contributed by atoms with Crippen LogP contribution in [0.3, 0.4) is 0 Å². The second-order valence-corrected chi connectivity index (χ2v) is 3.07. The van der Waals surface area contributed by atoms with Gasteiger partial charge in [-0.1, -0.05) is 0 Å². The molecule has 0 heterocycles. The molecule has 0 aliphatic carbocycles. The first-order valence-electron chi connectivity index (χ1n) is 2.45. The summed E-state index contributed by atoms with van der Waals surface area (Å²) in [5.41, 5.74) is 0. The molecule has 0 amide bonds. The Bertz CT molecular complexity index is 232. The number of hydrogen-bond donors (Lipinski definition) is 0. The molecule has 2 radical (unpaired) electrons. The standard InChI is InChI=1S/C6H2F3.Sb/c7-4-2-1-3-5(8)6(4)9;/h1-2H;. The van der Waals surface area contributed by atoms with Gasteiger partial charge in [0.2, 0.25) is 0 Å². The Kier molecular flexibility index (Phi) is 2.24. The normalized spacial score (nSPS) is 10.0. The third kappa shape index (κ3) is 1.29. The first-order chi connectivity index (χ1) is 4.63. The molecule has 0 saturated heterocycles. The van der Waals surface area contributed by atoms with Crippen molar-refractivity contribution in [2.45, 2.75) is 0 Å². The predicted molar refractivity (Wildman–Crippen MR) is 31.7 cm³/mol. The van der Waals surface area contributed by atoms with Crippen LogP contribution in [0.5, 0.6) is 0 Å². The Morgan fingerprint density at radius 3 is 2.10 bits per heavy atom. The van der Waals surface area contributed by atoms with Crippen molar-refractivity contribution >= 4 is 26.5 Å². The fourth-order valence-corrected chi connectivity index (χ4v) is 1.01. The van der Waals surface area contributed by atoms with E-state index in [2.05, 4.69) is 0 Å². The van der Waals surface area contributed by atoms with Gasteiger partial charge in [-0.3, -0.25) is 0 Å². The van der Waals surface area contributed by atoms with Crippen LogP contribution in [0.15, 0.2) is 12.1 Å². The van der Waals surface area contributed by atoms with Gasteiger partial charge in [0.1, 0.15) is 0 Å². The van der Waals surface area contributed by atoms with Crippen LogP contribution in [0.2, 0.25) is 0 Å². The predicted octanol–water partition coefficient (Wildman–Crippen LogP) is 0.898. The van der Waals surface area contributed by atoms with Gasteiger partial charge in [-0.05, 0) is 0 Å². The quantitative estimate of drug-likeness (QED) is 0.476. The van der Waals surface area contributed by atoms with Crippen molar-refractivity contribution in [3.05, 3.63) is 29.6 Å². The SMILES string of the molecule is Fc1cc[c]([Sb])c(F)c1F. The fourth-order valence-electron chi connectivity index (χ4n) is 0.516. The molecule has 0 bridgehead atoms. The summed E-state index contributed by atoms with van der Waals surface area (Å²) < 4.78 is 36.9. The van der Waals surface area contributed by atoms with Gasteiger partial charge in [0.25, 0.3) is 0 Å². The fraction of sp³-hybridized carbons (Fsp3) is 0. The van der Waals surface area contributed by atoms with Crippen LogP contribution in [-0.4, -0.2) is 23.0 Å². The first-order valence-corrected chi connectivity index (χ1v) is 3.73. The van der Waals surface area contributed by atoms with E-state index in [1.807, 2.05) is 0 Å². The number of halogens is 3. The van der Waals surface area contributed by atoms with Gasteiger partial charge >= 0.3 is 69.3 Å². The van der Waals surface area contributed by atoms with Crippen LogP contribution < -0.4 is 3.51 Å². The number of rotatable bonds is 0. The van der Waals surface area contributed by atoms with E-state index in [-0.39, 0.29) is 3.51 Å². The van der Waals surface area contributed by atoms with Crippen molar-refractivity contribution in [3.63, 3.8) is 0 Å². The van der Waals surface area contributed by atoms with Crippen LogP contribution in [0.25, 0.3) is 0 Å². The van der Waals surface area contributed by atoms with Crippen LogP contribution in [-0.2, 0) is 0 Å². The Balaban J connectivity index is 3.34. The molecule has 0 spiro atoms. The molecule has 52 valence electrons. The van der Waals surface area contributed by atoms with Gasteiger partial charge in [0.05, 0.1) is 0 Å². The van der Waals surface area contributed by atoms with Gasteiger partial charge in [-0.15, -0.1) is 0 Å². The number of benzene rings is 1. The van der Waals surface area contributed by atoms with E-state index in [1.54, 1.807) is 0 Å². The molecule has 0 saturated carbocycles. The molecule has 0 fully saturated rings. The molecule has 1 aromatic rings. The van der Waals surface area contributed by atoms with Crippen molar-refractivity contribution in [1.82, 2.24) is 0 Å². The van der Waals surface area contributed by atoms with Crippen molar-refractivity contribution in [1.29, 1.82) is 0 Å². The summed E-state index contributed by atoms with van der Waals surface area (Å²) >= 11 is 1.02. The second kappa shape index (κ2) is 2.83. The molecular formula is C6H2F3Sb. The Morgan fingerprint density at radius 1 is 1.00 bits per heavy atom. The van der Waals surface area contributed by atoms with Crippen LogP contribution in [0, 0.1) is 17.5 Å². The minimum atomic E-state index is -1.39. The van der Waals surface area contributed by atoms with E-state index in [0.29, 0.717) is 0 Å². The van der Waals surface area contributed by atoms with E-state index in [1.165, 1.54) is 6.07 Å². The van der Waals surface area contributed by atoms with Crippen LogP contribution in [0.4, 0.5) is 13.2 Å². The molecule has 0 nitrogen and oxygen atoms in total. The van der Waals surface area contributed by atoms with Gasteiger partial charge in [-0.2, -0.15) is 0 Å². The molecule has 0 aliphatic heterocycles. The van der Waals surface area contributed by atoms with Gasteiger partial charge in [0, 0.05) is 0 Å². The molecule has 1 aromatic carbocycles. The summed E-state index contributed by atoms with van der Waals surface area (Å²) in [6.45, 7) is 0.